The fraction of sp³-hybridized carbons (Fsp3) is 0.600. The van der Waals surface area contributed by atoms with E-state index in [0.717, 1.165) is 0 Å². The van der Waals surface area contributed by atoms with Crippen LogP contribution in [-0.2, 0) is 14.2 Å². The molecule has 0 saturated heterocycles. The summed E-state index contributed by atoms with van der Waals surface area (Å²) < 4.78 is 15.5. The topological polar surface area (TPSA) is 202 Å². The minimum atomic E-state index is -0.678. The van der Waals surface area contributed by atoms with Crippen molar-refractivity contribution in [1.29, 1.82) is 0 Å². The minimum absolute atomic E-state index is 0.0174. The van der Waals surface area contributed by atoms with Gasteiger partial charge in [-0.3, -0.25) is 14.4 Å². The lowest BCUT2D eigenvalue weighted by Gasteiger charge is -2.19. The van der Waals surface area contributed by atoms with Crippen LogP contribution in [0.15, 0.2) is 18.2 Å². The van der Waals surface area contributed by atoms with Crippen LogP contribution in [0.25, 0.3) is 0 Å². The van der Waals surface area contributed by atoms with E-state index in [1.807, 2.05) is 0 Å². The molecule has 6 amide bonds. The number of carbonyl (C=O) groups excluding carboxylic acids is 6. The third-order valence-corrected chi connectivity index (χ3v) is 4.96. The van der Waals surface area contributed by atoms with Gasteiger partial charge in [-0.05, 0) is 80.5 Å². The van der Waals surface area contributed by atoms with Crippen molar-refractivity contribution in [3.8, 4) is 0 Å². The van der Waals surface area contributed by atoms with Crippen molar-refractivity contribution in [2.24, 2.45) is 0 Å². The molecule has 1 rings (SSSR count). The van der Waals surface area contributed by atoms with Gasteiger partial charge in [-0.15, -0.1) is 0 Å². The molecule has 0 aromatic heterocycles. The maximum atomic E-state index is 12.9. The van der Waals surface area contributed by atoms with Gasteiger partial charge >= 0.3 is 18.3 Å². The van der Waals surface area contributed by atoms with Crippen LogP contribution in [-0.4, -0.2) is 92.1 Å². The first-order valence-corrected chi connectivity index (χ1v) is 14.6. The first-order valence-electron chi connectivity index (χ1n) is 14.6. The van der Waals surface area contributed by atoms with E-state index in [9.17, 15) is 28.8 Å². The summed E-state index contributed by atoms with van der Waals surface area (Å²) in [5.74, 6) is -1.78. The highest BCUT2D eigenvalue weighted by Gasteiger charge is 2.19. The number of ether oxygens (including phenoxy) is 3. The summed E-state index contributed by atoms with van der Waals surface area (Å²) in [4.78, 5) is 74.3. The highest BCUT2D eigenvalue weighted by Crippen LogP contribution is 2.12. The van der Waals surface area contributed by atoms with Gasteiger partial charge in [0.25, 0.3) is 17.7 Å². The number of nitrogens with one attached hydrogen (secondary N) is 6. The van der Waals surface area contributed by atoms with Crippen molar-refractivity contribution >= 4 is 36.0 Å². The Morgan fingerprint density at radius 2 is 0.622 bits per heavy atom. The summed E-state index contributed by atoms with van der Waals surface area (Å²) in [6.45, 7) is 15.9. The molecule has 45 heavy (non-hydrogen) atoms. The highest BCUT2D eigenvalue weighted by atomic mass is 16.6. The molecule has 15 heteroatoms. The predicted octanol–water partition coefficient (Wildman–Crippen LogP) is 2.45. The molecule has 0 heterocycles. The molecule has 0 spiro atoms. The smallest absolute Gasteiger partial charge is 0.407 e. The zero-order valence-electron chi connectivity index (χ0n) is 27.6. The van der Waals surface area contributed by atoms with E-state index in [0.29, 0.717) is 0 Å². The van der Waals surface area contributed by atoms with Gasteiger partial charge in [0.05, 0.1) is 0 Å². The van der Waals surface area contributed by atoms with Crippen LogP contribution in [0, 0.1) is 0 Å². The monoisotopic (exact) mass is 636 g/mol. The molecule has 0 saturated carbocycles. The Morgan fingerprint density at radius 3 is 0.822 bits per heavy atom. The van der Waals surface area contributed by atoms with Gasteiger partial charge in [0.15, 0.2) is 0 Å². The molecule has 0 aliphatic rings. The Bertz CT molecular complexity index is 1050. The van der Waals surface area contributed by atoms with E-state index in [1.54, 1.807) is 62.3 Å². The molecule has 15 nitrogen and oxygen atoms in total. The number of benzene rings is 1. The second-order valence-corrected chi connectivity index (χ2v) is 12.9. The molecule has 0 bridgehead atoms. The minimum Gasteiger partial charge on any atom is -0.444 e. The Morgan fingerprint density at radius 1 is 0.422 bits per heavy atom. The van der Waals surface area contributed by atoms with Crippen molar-refractivity contribution in [1.82, 2.24) is 31.9 Å². The van der Waals surface area contributed by atoms with Gasteiger partial charge in [0, 0.05) is 56.0 Å². The van der Waals surface area contributed by atoms with Crippen molar-refractivity contribution in [3.63, 3.8) is 0 Å². The largest absolute Gasteiger partial charge is 0.444 e. The second kappa shape index (κ2) is 17.1. The lowest BCUT2D eigenvalue weighted by Crippen LogP contribution is -2.39. The standard InChI is InChI=1S/C30H48N6O9/c1-28(2,3)43-25(40)34-13-10-31-22(37)19-16-20(23(38)32-11-14-35-26(41)44-29(4,5)6)18-21(17-19)24(39)33-12-15-36-27(42)45-30(7,8)9/h16-18H,10-15H2,1-9H3,(H,31,37)(H,32,38)(H,33,39)(H,34,40)(H,35,41)(H,36,42). The van der Waals surface area contributed by atoms with Gasteiger partial charge in [-0.1, -0.05) is 0 Å². The van der Waals surface area contributed by atoms with Crippen LogP contribution in [0.4, 0.5) is 14.4 Å². The first kappa shape index (κ1) is 38.5. The Hall–Kier alpha value is -4.56. The maximum Gasteiger partial charge on any atom is 0.407 e. The van der Waals surface area contributed by atoms with Crippen molar-refractivity contribution in [3.05, 3.63) is 34.9 Å². The molecule has 252 valence electrons. The molecular weight excluding hydrogens is 588 g/mol. The zero-order valence-corrected chi connectivity index (χ0v) is 27.6. The summed E-state index contributed by atoms with van der Waals surface area (Å²) in [6, 6.07) is 3.94. The average molecular weight is 637 g/mol. The summed E-state index contributed by atoms with van der Waals surface area (Å²) in [5.41, 5.74) is -1.98. The molecule has 0 aliphatic heterocycles. The maximum absolute atomic E-state index is 12.9. The van der Waals surface area contributed by atoms with Gasteiger partial charge in [0.2, 0.25) is 0 Å². The molecule has 0 unspecified atom stereocenters. The van der Waals surface area contributed by atoms with Crippen LogP contribution in [0.1, 0.15) is 93.4 Å². The Kier molecular flexibility index (Phi) is 14.6. The molecule has 1 aromatic carbocycles. The number of hydrogen-bond donors (Lipinski definition) is 6. The number of amides is 6. The van der Waals surface area contributed by atoms with E-state index < -0.39 is 52.8 Å². The van der Waals surface area contributed by atoms with Gasteiger partial charge in [-0.25, -0.2) is 14.4 Å². The quantitative estimate of drug-likeness (QED) is 0.147. The first-order chi connectivity index (χ1) is 20.6. The zero-order chi connectivity index (χ0) is 34.4. The Labute approximate surface area is 264 Å². The predicted molar refractivity (Wildman–Crippen MR) is 166 cm³/mol. The van der Waals surface area contributed by atoms with Crippen LogP contribution < -0.4 is 31.9 Å². The van der Waals surface area contributed by atoms with E-state index in [2.05, 4.69) is 31.9 Å². The molecule has 0 radical (unpaired) electrons. The van der Waals surface area contributed by atoms with Crippen LogP contribution in [0.5, 0.6) is 0 Å². The molecule has 0 aliphatic carbocycles. The second-order valence-electron chi connectivity index (χ2n) is 12.9. The van der Waals surface area contributed by atoms with Crippen LogP contribution in [0.3, 0.4) is 0 Å². The van der Waals surface area contributed by atoms with Crippen LogP contribution >= 0.6 is 0 Å². The average Bonchev–Trinajstić information content (AvgIpc) is 2.87. The molecule has 0 fully saturated rings. The summed E-state index contributed by atoms with van der Waals surface area (Å²) >= 11 is 0. The van der Waals surface area contributed by atoms with E-state index in [1.165, 1.54) is 18.2 Å². The van der Waals surface area contributed by atoms with Crippen molar-refractivity contribution in [2.75, 3.05) is 39.3 Å². The van der Waals surface area contributed by atoms with Crippen molar-refractivity contribution in [2.45, 2.75) is 79.1 Å². The third-order valence-electron chi connectivity index (χ3n) is 4.96. The molecule has 0 atom stereocenters. The number of rotatable bonds is 12. The molecule has 6 N–H and O–H groups in total. The van der Waals surface area contributed by atoms with Crippen LogP contribution in [0.2, 0.25) is 0 Å². The lowest BCUT2D eigenvalue weighted by molar-refractivity contribution is 0.0516. The lowest BCUT2D eigenvalue weighted by atomic mass is 10.0. The Balaban J connectivity index is 2.91. The third kappa shape index (κ3) is 18.0. The van der Waals surface area contributed by atoms with E-state index in [4.69, 9.17) is 14.2 Å². The van der Waals surface area contributed by atoms with Gasteiger partial charge in [-0.2, -0.15) is 0 Å². The van der Waals surface area contributed by atoms with Gasteiger partial charge < -0.3 is 46.1 Å². The fourth-order valence-corrected chi connectivity index (χ4v) is 3.29. The summed E-state index contributed by atoms with van der Waals surface area (Å²) in [5, 5.41) is 15.4. The number of carbonyl (C=O) groups is 6. The highest BCUT2D eigenvalue weighted by molar-refractivity contribution is 6.04. The van der Waals surface area contributed by atoms with Gasteiger partial charge in [0.1, 0.15) is 16.8 Å². The van der Waals surface area contributed by atoms with E-state index in [-0.39, 0.29) is 56.0 Å². The van der Waals surface area contributed by atoms with Crippen molar-refractivity contribution < 1.29 is 43.0 Å². The number of alkyl carbamates (subject to hydrolysis) is 3. The summed E-state index contributed by atoms with van der Waals surface area (Å²) in [7, 11) is 0. The van der Waals surface area contributed by atoms with E-state index >= 15 is 0 Å². The fourth-order valence-electron chi connectivity index (χ4n) is 3.29. The summed E-state index contributed by atoms with van der Waals surface area (Å²) in [6.07, 6.45) is -1.93. The number of hydrogen-bond acceptors (Lipinski definition) is 9. The molecular formula is C30H48N6O9. The SMILES string of the molecule is CC(C)(C)OC(=O)NCCNC(=O)c1cc(C(=O)NCCNC(=O)OC(C)(C)C)cc(C(=O)NCCNC(=O)OC(C)(C)C)c1. The molecule has 1 aromatic rings. The normalized spacial score (nSPS) is 11.4.